The number of hydrogen-bond acceptors (Lipinski definition) is 4. The summed E-state index contributed by atoms with van der Waals surface area (Å²) in [4.78, 5) is 15.5. The number of hydrogen-bond donors (Lipinski definition) is 0. The van der Waals surface area contributed by atoms with Crippen LogP contribution in [0.5, 0.6) is 0 Å². The van der Waals surface area contributed by atoms with Crippen molar-refractivity contribution in [1.82, 2.24) is 19.5 Å². The zero-order valence-electron chi connectivity index (χ0n) is 26.9. The van der Waals surface area contributed by atoms with Crippen molar-refractivity contribution >= 4 is 43.7 Å². The SMILES string of the molecule is c1ccc(-c2nc(-c3cccc(-c4cccc5c4oc4ccccc45)c3)nc(-c3cccc4c5ccccc5n(-c5ccccc5)c34)n2)cc1. The molecule has 7 aromatic carbocycles. The lowest BCUT2D eigenvalue weighted by atomic mass is 10.00. The Bertz CT molecular complexity index is 2870. The summed E-state index contributed by atoms with van der Waals surface area (Å²) in [7, 11) is 0. The predicted octanol–water partition coefficient (Wildman–Crippen LogP) is 11.5. The van der Waals surface area contributed by atoms with E-state index in [4.69, 9.17) is 19.4 Å². The number of furan rings is 1. The quantitative estimate of drug-likeness (QED) is 0.188. The van der Waals surface area contributed by atoms with E-state index in [-0.39, 0.29) is 0 Å². The summed E-state index contributed by atoms with van der Waals surface area (Å²) >= 11 is 0. The molecule has 0 unspecified atom stereocenters. The zero-order valence-corrected chi connectivity index (χ0v) is 26.9. The molecule has 3 aromatic heterocycles. The van der Waals surface area contributed by atoms with Gasteiger partial charge in [0.05, 0.1) is 11.0 Å². The van der Waals surface area contributed by atoms with Crippen LogP contribution in [0.2, 0.25) is 0 Å². The van der Waals surface area contributed by atoms with Crippen molar-refractivity contribution in [3.8, 4) is 51.0 Å². The number of aromatic nitrogens is 4. The summed E-state index contributed by atoms with van der Waals surface area (Å²) in [5.41, 5.74) is 9.83. The van der Waals surface area contributed by atoms with Crippen molar-refractivity contribution in [3.63, 3.8) is 0 Å². The highest BCUT2D eigenvalue weighted by Crippen LogP contribution is 2.39. The van der Waals surface area contributed by atoms with Crippen LogP contribution in [0.15, 0.2) is 174 Å². The van der Waals surface area contributed by atoms with Crippen molar-refractivity contribution in [3.05, 3.63) is 170 Å². The number of fused-ring (bicyclic) bond motifs is 6. The van der Waals surface area contributed by atoms with Gasteiger partial charge in [0.15, 0.2) is 17.5 Å². The normalized spacial score (nSPS) is 11.6. The van der Waals surface area contributed by atoms with E-state index in [0.717, 1.165) is 71.9 Å². The fourth-order valence-electron chi connectivity index (χ4n) is 7.19. The van der Waals surface area contributed by atoms with Crippen LogP contribution in [-0.2, 0) is 0 Å². The topological polar surface area (TPSA) is 56.7 Å². The molecule has 0 spiro atoms. The Hall–Kier alpha value is -6.85. The van der Waals surface area contributed by atoms with Crippen molar-refractivity contribution < 1.29 is 4.42 Å². The molecule has 5 heteroatoms. The van der Waals surface area contributed by atoms with Gasteiger partial charge < -0.3 is 8.98 Å². The summed E-state index contributed by atoms with van der Waals surface area (Å²) in [6.07, 6.45) is 0. The summed E-state index contributed by atoms with van der Waals surface area (Å²) in [5.74, 6) is 1.84. The van der Waals surface area contributed by atoms with Gasteiger partial charge in [0.1, 0.15) is 11.2 Å². The van der Waals surface area contributed by atoms with Crippen molar-refractivity contribution in [2.75, 3.05) is 0 Å². The van der Waals surface area contributed by atoms with Crippen molar-refractivity contribution in [2.45, 2.75) is 0 Å². The highest BCUT2D eigenvalue weighted by molar-refractivity contribution is 6.13. The molecule has 0 aliphatic rings. The largest absolute Gasteiger partial charge is 0.455 e. The van der Waals surface area contributed by atoms with E-state index in [1.165, 1.54) is 5.39 Å². The maximum Gasteiger partial charge on any atom is 0.166 e. The van der Waals surface area contributed by atoms with Crippen LogP contribution < -0.4 is 0 Å². The van der Waals surface area contributed by atoms with Gasteiger partial charge in [0.2, 0.25) is 0 Å². The first-order chi connectivity index (χ1) is 24.8. The molecule has 0 saturated heterocycles. The Morgan fingerprint density at radius 2 is 0.980 bits per heavy atom. The van der Waals surface area contributed by atoms with Gasteiger partial charge in [-0.15, -0.1) is 0 Å². The second kappa shape index (κ2) is 11.4. The van der Waals surface area contributed by atoms with Gasteiger partial charge in [-0.1, -0.05) is 133 Å². The Morgan fingerprint density at radius 1 is 0.400 bits per heavy atom. The summed E-state index contributed by atoms with van der Waals surface area (Å²) in [5, 5.41) is 4.53. The van der Waals surface area contributed by atoms with Crippen molar-refractivity contribution in [2.24, 2.45) is 0 Å². The number of benzene rings is 7. The lowest BCUT2D eigenvalue weighted by Gasteiger charge is -2.13. The molecule has 50 heavy (non-hydrogen) atoms. The Kier molecular flexibility index (Phi) is 6.42. The molecule has 10 aromatic rings. The minimum atomic E-state index is 0.604. The molecule has 0 radical (unpaired) electrons. The monoisotopic (exact) mass is 640 g/mol. The number of rotatable bonds is 5. The minimum Gasteiger partial charge on any atom is -0.455 e. The fourth-order valence-corrected chi connectivity index (χ4v) is 7.19. The van der Waals surface area contributed by atoms with Crippen LogP contribution >= 0.6 is 0 Å². The second-order valence-electron chi connectivity index (χ2n) is 12.4. The average Bonchev–Trinajstić information content (AvgIpc) is 3.75. The fraction of sp³-hybridized carbons (Fsp3) is 0. The summed E-state index contributed by atoms with van der Waals surface area (Å²) in [6, 6.07) is 58.5. The summed E-state index contributed by atoms with van der Waals surface area (Å²) in [6.45, 7) is 0. The minimum absolute atomic E-state index is 0.604. The van der Waals surface area contributed by atoms with Crippen LogP contribution in [-0.4, -0.2) is 19.5 Å². The van der Waals surface area contributed by atoms with E-state index < -0.39 is 0 Å². The molecule has 0 fully saturated rings. The molecule has 0 saturated carbocycles. The maximum absolute atomic E-state index is 6.41. The molecule has 5 nitrogen and oxygen atoms in total. The Morgan fingerprint density at radius 3 is 1.82 bits per heavy atom. The van der Waals surface area contributed by atoms with Gasteiger partial charge in [0, 0.05) is 49.5 Å². The second-order valence-corrected chi connectivity index (χ2v) is 12.4. The van der Waals surface area contributed by atoms with Gasteiger partial charge in [-0.25, -0.2) is 15.0 Å². The van der Waals surface area contributed by atoms with E-state index in [9.17, 15) is 0 Å². The lowest BCUT2D eigenvalue weighted by Crippen LogP contribution is -2.02. The molecule has 234 valence electrons. The predicted molar refractivity (Wildman–Crippen MR) is 203 cm³/mol. The van der Waals surface area contributed by atoms with E-state index in [0.29, 0.717) is 17.5 Å². The maximum atomic E-state index is 6.41. The molecule has 0 atom stereocenters. The van der Waals surface area contributed by atoms with E-state index in [2.05, 4.69) is 120 Å². The lowest BCUT2D eigenvalue weighted by molar-refractivity contribution is 0.670. The van der Waals surface area contributed by atoms with Gasteiger partial charge >= 0.3 is 0 Å². The highest BCUT2D eigenvalue weighted by Gasteiger charge is 2.20. The first-order valence-electron chi connectivity index (χ1n) is 16.7. The van der Waals surface area contributed by atoms with Gasteiger partial charge in [0.25, 0.3) is 0 Å². The Labute approximate surface area is 287 Å². The van der Waals surface area contributed by atoms with E-state index >= 15 is 0 Å². The van der Waals surface area contributed by atoms with E-state index in [1.54, 1.807) is 0 Å². The van der Waals surface area contributed by atoms with Crippen LogP contribution in [0.25, 0.3) is 94.7 Å². The third kappa shape index (κ3) is 4.52. The molecule has 0 aliphatic heterocycles. The third-order valence-electron chi connectivity index (χ3n) is 9.45. The van der Waals surface area contributed by atoms with Crippen LogP contribution in [0.3, 0.4) is 0 Å². The molecule has 3 heterocycles. The molecular weight excluding hydrogens is 613 g/mol. The van der Waals surface area contributed by atoms with Crippen LogP contribution in [0.1, 0.15) is 0 Å². The van der Waals surface area contributed by atoms with Gasteiger partial charge in [-0.2, -0.15) is 0 Å². The van der Waals surface area contributed by atoms with Crippen LogP contribution in [0, 0.1) is 0 Å². The van der Waals surface area contributed by atoms with Gasteiger partial charge in [-0.3, -0.25) is 0 Å². The molecule has 0 N–H and O–H groups in total. The van der Waals surface area contributed by atoms with Gasteiger partial charge in [-0.05, 0) is 42.0 Å². The van der Waals surface area contributed by atoms with E-state index in [1.807, 2.05) is 54.6 Å². The summed E-state index contributed by atoms with van der Waals surface area (Å²) < 4.78 is 8.73. The molecule has 0 amide bonds. The number of para-hydroxylation sites is 5. The molecular formula is C45H28N4O. The first-order valence-corrected chi connectivity index (χ1v) is 16.7. The number of nitrogens with zero attached hydrogens (tertiary/aromatic N) is 4. The molecule has 0 aliphatic carbocycles. The van der Waals surface area contributed by atoms with Crippen molar-refractivity contribution in [1.29, 1.82) is 0 Å². The smallest absolute Gasteiger partial charge is 0.166 e. The highest BCUT2D eigenvalue weighted by atomic mass is 16.3. The molecule has 10 rings (SSSR count). The average molecular weight is 641 g/mol. The standard InChI is InChI=1S/C45H28N4O/c1-3-14-29(15-4-1)43-46-44(31-17-11-16-30(28-31)33-22-12-24-37-35-21-8-10-27-40(35)50-42(33)37)48-45(47-43)38-25-13-23-36-34-20-7-9-26-39(34)49(41(36)38)32-18-5-2-6-19-32/h1-28H. The Balaban J connectivity index is 1.21. The molecule has 0 bridgehead atoms. The van der Waals surface area contributed by atoms with Crippen LogP contribution in [0.4, 0.5) is 0 Å². The third-order valence-corrected chi connectivity index (χ3v) is 9.45. The first kappa shape index (κ1) is 28.2. The zero-order chi connectivity index (χ0) is 33.0.